The van der Waals surface area contributed by atoms with Crippen LogP contribution in [0.3, 0.4) is 0 Å². The number of nitrogens with zero attached hydrogens (tertiary/aromatic N) is 4. The second-order valence-corrected chi connectivity index (χ2v) is 26.4. The molecule has 0 bridgehead atoms. The van der Waals surface area contributed by atoms with Gasteiger partial charge in [0.05, 0.1) is 56.3 Å². The van der Waals surface area contributed by atoms with Crippen LogP contribution in [-0.4, -0.2) is 45.4 Å². The zero-order chi connectivity index (χ0) is 66.6. The van der Waals surface area contributed by atoms with Crippen molar-refractivity contribution in [3.8, 4) is 56.0 Å². The van der Waals surface area contributed by atoms with E-state index in [4.69, 9.17) is 49.7 Å². The highest BCUT2D eigenvalue weighted by atomic mass is 16.5. The van der Waals surface area contributed by atoms with Crippen LogP contribution in [0, 0.1) is 0 Å². The Bertz CT molecular complexity index is 5490. The molecule has 99 heavy (non-hydrogen) atoms. The maximum Gasteiger partial charge on any atom is 0.134 e. The van der Waals surface area contributed by atoms with Crippen LogP contribution in [0.1, 0.15) is 45.9 Å². The highest BCUT2D eigenvalue weighted by molar-refractivity contribution is 6.68. The van der Waals surface area contributed by atoms with Crippen LogP contribution in [0.25, 0.3) is 50.1 Å². The van der Waals surface area contributed by atoms with E-state index in [-0.39, 0.29) is 27.3 Å². The number of ether oxygens (including phenoxy) is 1. The Kier molecular flexibility index (Phi) is 13.1. The Morgan fingerprint density at radius 3 is 1.42 bits per heavy atom. The van der Waals surface area contributed by atoms with Crippen LogP contribution in [0.5, 0.6) is 11.5 Å². The van der Waals surface area contributed by atoms with E-state index < -0.39 is 17.0 Å². The minimum atomic E-state index is -1.24. The molecular weight excluding hydrogens is 1200 g/mol. The van der Waals surface area contributed by atoms with E-state index in [0.29, 0.717) is 28.5 Å². The number of benzene rings is 13. The monoisotopic (exact) mass is 1250 g/mol. The third-order valence-electron chi connectivity index (χ3n) is 21.4. The van der Waals surface area contributed by atoms with Crippen LogP contribution in [0.15, 0.2) is 315 Å². The SMILES string of the molecule is [B]c1c([B])c([B])c(C2=C(C)/C=C(\N)N3c4ccccc4C4(c5ccc(-c6ccccc6)cc5N(c5ccccc5)c5cc(-c6ccccc6)ccc54)c4ccc5c(c43)C3(C=C2)c2c(cccc2N2c4ccccc4N(c4c(-c6ccccc6)cccc4-c4ccccc4)C23)O5)c([B])c1[B]. The van der Waals surface area contributed by atoms with Gasteiger partial charge in [-0.1, -0.05) is 248 Å². The molecule has 6 aliphatic heterocycles. The van der Waals surface area contributed by atoms with E-state index in [0.717, 1.165) is 135 Å². The molecule has 0 aliphatic carbocycles. The van der Waals surface area contributed by atoms with Crippen molar-refractivity contribution in [1.29, 1.82) is 0 Å². The van der Waals surface area contributed by atoms with E-state index in [1.54, 1.807) is 0 Å². The molecule has 0 fully saturated rings. The fourth-order valence-corrected chi connectivity index (χ4v) is 17.3. The highest BCUT2D eigenvalue weighted by Gasteiger charge is 2.65. The van der Waals surface area contributed by atoms with Crippen molar-refractivity contribution in [2.24, 2.45) is 5.73 Å². The lowest BCUT2D eigenvalue weighted by molar-refractivity contribution is 0.409. The van der Waals surface area contributed by atoms with Gasteiger partial charge in [-0.15, -0.1) is 16.4 Å². The van der Waals surface area contributed by atoms with E-state index in [1.807, 2.05) is 13.0 Å². The lowest BCUT2D eigenvalue weighted by atomic mass is 9.58. The summed E-state index contributed by atoms with van der Waals surface area (Å²) >= 11 is 0. The number of anilines is 9. The molecule has 2 atom stereocenters. The van der Waals surface area contributed by atoms with E-state index >= 15 is 0 Å². The molecule has 6 heterocycles. The maximum absolute atomic E-state index is 8.21. The second kappa shape index (κ2) is 22.1. The molecule has 0 saturated carbocycles. The third kappa shape index (κ3) is 8.19. The number of hydrogen-bond donors (Lipinski definition) is 1. The van der Waals surface area contributed by atoms with Crippen molar-refractivity contribution in [1.82, 2.24) is 0 Å². The van der Waals surface area contributed by atoms with Crippen LogP contribution in [0.2, 0.25) is 0 Å². The minimum absolute atomic E-state index is 0.125. The number of hydrogen-bond acceptors (Lipinski definition) is 6. The number of nitrogens with two attached hydrogens (primary N) is 1. The molecule has 0 amide bonds. The van der Waals surface area contributed by atoms with E-state index in [1.165, 1.54) is 0 Å². The Morgan fingerprint density at radius 1 is 0.374 bits per heavy atom. The summed E-state index contributed by atoms with van der Waals surface area (Å²) < 4.78 is 7.72. The summed E-state index contributed by atoms with van der Waals surface area (Å²) in [5, 5.41) is 0. The molecule has 2 N–H and O–H groups in total. The fraction of sp³-hybridized carbons (Fsp3) is 0.0455. The summed E-state index contributed by atoms with van der Waals surface area (Å²) in [7, 11) is 35.0. The number of fused-ring (bicyclic) bond motifs is 12. The van der Waals surface area contributed by atoms with Gasteiger partial charge < -0.3 is 25.2 Å². The molecule has 2 spiro atoms. The standard InChI is InChI=1S/C88H56B5N5O/c1-52-49-75(94)97-67-36-18-17-35-63(67)88(64-43-41-57(53-23-7-2-8-24-53)50-71(64)95(59-31-15-6-16-32-59)72-51-58(42-44-65(72)88)54-25-9-3-10-26-54)66-45-46-74-78(85(66)97)87(48-47-60(52)76-79(89)81(91)83(93)82(92)80(76)90)77-70(39-22-40-73(77)99-74)96-68-37-19-20-38-69(68)98(86(87)96)84-61(55-27-11-4-12-28-55)33-21-34-62(84)56-29-13-5-14-30-56/h2-51,86H,94H2,1H3/b48-47?,60-52?,75-49+. The van der Waals surface area contributed by atoms with Crippen molar-refractivity contribution in [2.45, 2.75) is 23.9 Å². The Hall–Kier alpha value is -11.8. The number of para-hydroxylation sites is 5. The Balaban J connectivity index is 1.00. The van der Waals surface area contributed by atoms with Crippen molar-refractivity contribution >= 4 is 123 Å². The first-order valence-electron chi connectivity index (χ1n) is 33.5. The molecule has 2 unspecified atom stereocenters. The van der Waals surface area contributed by atoms with Gasteiger partial charge in [0.15, 0.2) is 0 Å². The lowest BCUT2D eigenvalue weighted by Gasteiger charge is -2.53. The normalized spacial score (nSPS) is 17.3. The Labute approximate surface area is 583 Å². The lowest BCUT2D eigenvalue weighted by Crippen LogP contribution is -2.56. The van der Waals surface area contributed by atoms with Gasteiger partial charge in [0.1, 0.15) is 62.7 Å². The van der Waals surface area contributed by atoms with Crippen LogP contribution < -0.4 is 57.4 Å². The molecule has 454 valence electrons. The van der Waals surface area contributed by atoms with Gasteiger partial charge in [0, 0.05) is 27.9 Å². The van der Waals surface area contributed by atoms with Gasteiger partial charge in [0.25, 0.3) is 0 Å². The molecule has 6 aliphatic rings. The summed E-state index contributed by atoms with van der Waals surface area (Å²) in [4.78, 5) is 9.94. The van der Waals surface area contributed by atoms with Gasteiger partial charge in [-0.2, -0.15) is 0 Å². The zero-order valence-electron chi connectivity index (χ0n) is 54.1. The van der Waals surface area contributed by atoms with E-state index in [9.17, 15) is 0 Å². The van der Waals surface area contributed by atoms with Gasteiger partial charge in [-0.3, -0.25) is 4.90 Å². The maximum atomic E-state index is 8.21. The largest absolute Gasteiger partial charge is 0.457 e. The molecule has 10 radical (unpaired) electrons. The zero-order valence-corrected chi connectivity index (χ0v) is 54.1. The minimum Gasteiger partial charge on any atom is -0.457 e. The van der Waals surface area contributed by atoms with Crippen molar-refractivity contribution in [2.75, 3.05) is 19.6 Å². The summed E-state index contributed by atoms with van der Waals surface area (Å²) in [6.45, 7) is 2.05. The summed E-state index contributed by atoms with van der Waals surface area (Å²) in [6.07, 6.45) is 5.98. The molecule has 19 rings (SSSR count). The highest BCUT2D eigenvalue weighted by Crippen LogP contribution is 2.73. The number of rotatable bonds is 7. The molecule has 11 heteroatoms. The van der Waals surface area contributed by atoms with Crippen LogP contribution in [0.4, 0.5) is 51.2 Å². The third-order valence-corrected chi connectivity index (χ3v) is 21.4. The quantitative estimate of drug-likeness (QED) is 0.161. The van der Waals surface area contributed by atoms with Gasteiger partial charge >= 0.3 is 0 Å². The summed E-state index contributed by atoms with van der Waals surface area (Å²) in [5.41, 5.74) is 32.2. The van der Waals surface area contributed by atoms with Crippen molar-refractivity contribution in [3.05, 3.63) is 354 Å². The molecule has 13 aromatic carbocycles. The van der Waals surface area contributed by atoms with Crippen LogP contribution >= 0.6 is 0 Å². The molecule has 6 nitrogen and oxygen atoms in total. The smallest absolute Gasteiger partial charge is 0.134 e. The van der Waals surface area contributed by atoms with E-state index in [2.05, 4.69) is 317 Å². The average Bonchev–Trinajstić information content (AvgIpc) is 1.62. The van der Waals surface area contributed by atoms with Crippen molar-refractivity contribution in [3.63, 3.8) is 0 Å². The molecule has 0 aromatic heterocycles. The Morgan fingerprint density at radius 2 is 0.838 bits per heavy atom. The second-order valence-electron chi connectivity index (χ2n) is 26.4. The topological polar surface area (TPSA) is 48.2 Å². The van der Waals surface area contributed by atoms with Gasteiger partial charge in [0.2, 0.25) is 0 Å². The molecular formula is C88H56B5N5O. The average molecular weight is 1250 g/mol. The van der Waals surface area contributed by atoms with Gasteiger partial charge in [-0.25, -0.2) is 0 Å². The predicted molar refractivity (Wildman–Crippen MR) is 413 cm³/mol. The predicted octanol–water partition coefficient (Wildman–Crippen LogP) is 15.8. The molecule has 0 saturated heterocycles. The van der Waals surface area contributed by atoms with Crippen molar-refractivity contribution < 1.29 is 4.74 Å². The molecule has 13 aromatic rings. The number of allylic oxidation sites excluding steroid dienone is 4. The fourth-order valence-electron chi connectivity index (χ4n) is 17.3. The first-order valence-corrected chi connectivity index (χ1v) is 33.5. The van der Waals surface area contributed by atoms with Gasteiger partial charge in [-0.05, 0) is 146 Å². The van der Waals surface area contributed by atoms with Crippen LogP contribution in [-0.2, 0) is 10.8 Å². The summed E-state index contributed by atoms with van der Waals surface area (Å²) in [5.74, 6) is 1.81. The summed E-state index contributed by atoms with van der Waals surface area (Å²) in [6, 6.07) is 103. The first kappa shape index (κ1) is 58.6. The first-order chi connectivity index (χ1) is 48.6.